The van der Waals surface area contributed by atoms with Crippen molar-refractivity contribution in [3.05, 3.63) is 58.4 Å². The number of pyridine rings is 1. The first-order chi connectivity index (χ1) is 11.0. The lowest BCUT2D eigenvalue weighted by molar-refractivity contribution is 0.280. The van der Waals surface area contributed by atoms with E-state index in [-0.39, 0.29) is 12.4 Å². The minimum absolute atomic E-state index is 0.0710. The zero-order valence-electron chi connectivity index (χ0n) is 13.8. The molecule has 0 aliphatic carbocycles. The number of hydrogen-bond acceptors (Lipinski definition) is 5. The number of aliphatic imine (C=N–C) groups is 1. The largest absolute Gasteiger partial charge is 0.505 e. The molecule has 0 bridgehead atoms. The topological polar surface area (TPSA) is 69.0 Å². The molecule has 0 fully saturated rings. The van der Waals surface area contributed by atoms with E-state index in [0.29, 0.717) is 23.4 Å². The van der Waals surface area contributed by atoms with E-state index in [1.54, 1.807) is 19.3 Å². The van der Waals surface area contributed by atoms with Crippen LogP contribution in [0.15, 0.2) is 35.5 Å². The number of nitrogens with zero attached hydrogens (tertiary/aromatic N) is 3. The van der Waals surface area contributed by atoms with E-state index in [4.69, 9.17) is 0 Å². The number of rotatable bonds is 6. The Morgan fingerprint density at radius 2 is 1.83 bits per heavy atom. The van der Waals surface area contributed by atoms with Crippen molar-refractivity contribution in [2.75, 3.05) is 14.1 Å². The van der Waals surface area contributed by atoms with E-state index >= 15 is 0 Å². The molecule has 2 rings (SSSR count). The molecule has 122 valence electrons. The van der Waals surface area contributed by atoms with Gasteiger partial charge in [-0.2, -0.15) is 0 Å². The number of hydrogen-bond donors (Lipinski definition) is 2. The number of benzene rings is 1. The zero-order valence-corrected chi connectivity index (χ0v) is 13.8. The second-order valence-corrected chi connectivity index (χ2v) is 5.81. The molecular weight excluding hydrogens is 290 g/mol. The van der Waals surface area contributed by atoms with E-state index in [1.165, 1.54) is 5.56 Å². The van der Waals surface area contributed by atoms with Gasteiger partial charge < -0.3 is 15.1 Å². The van der Waals surface area contributed by atoms with Crippen molar-refractivity contribution in [2.45, 2.75) is 26.6 Å². The summed E-state index contributed by atoms with van der Waals surface area (Å²) in [6.07, 6.45) is 3.16. The zero-order chi connectivity index (χ0) is 16.8. The maximum Gasteiger partial charge on any atom is 0.145 e. The van der Waals surface area contributed by atoms with Crippen molar-refractivity contribution in [2.24, 2.45) is 4.99 Å². The summed E-state index contributed by atoms with van der Waals surface area (Å²) in [5.74, 6) is 0.0710. The molecule has 0 atom stereocenters. The number of aromatic nitrogens is 1. The van der Waals surface area contributed by atoms with Crippen LogP contribution in [-0.4, -0.2) is 40.4 Å². The summed E-state index contributed by atoms with van der Waals surface area (Å²) in [6.45, 7) is 2.97. The first kappa shape index (κ1) is 17.1. The third-order valence-corrected chi connectivity index (χ3v) is 3.54. The normalized spacial score (nSPS) is 11.5. The summed E-state index contributed by atoms with van der Waals surface area (Å²) < 4.78 is 0. The van der Waals surface area contributed by atoms with Crippen molar-refractivity contribution in [1.82, 2.24) is 9.88 Å². The van der Waals surface area contributed by atoms with Crippen molar-refractivity contribution in [1.29, 1.82) is 0 Å². The van der Waals surface area contributed by atoms with Gasteiger partial charge in [-0.3, -0.25) is 9.98 Å². The maximum absolute atomic E-state index is 10.1. The van der Waals surface area contributed by atoms with Gasteiger partial charge in [0.05, 0.1) is 18.8 Å². The maximum atomic E-state index is 10.1. The van der Waals surface area contributed by atoms with Crippen LogP contribution in [0.4, 0.5) is 0 Å². The van der Waals surface area contributed by atoms with E-state index in [1.807, 2.05) is 14.1 Å². The van der Waals surface area contributed by atoms with Crippen LogP contribution in [0.1, 0.15) is 27.9 Å². The average molecular weight is 313 g/mol. The van der Waals surface area contributed by atoms with Crippen LogP contribution in [0.25, 0.3) is 0 Å². The molecular formula is C18H23N3O2. The number of aromatic hydroxyl groups is 1. The van der Waals surface area contributed by atoms with E-state index in [2.05, 4.69) is 39.1 Å². The van der Waals surface area contributed by atoms with E-state index in [0.717, 1.165) is 12.1 Å². The number of aliphatic hydroxyl groups excluding tert-OH is 1. The van der Waals surface area contributed by atoms with Gasteiger partial charge in [-0.1, -0.05) is 24.3 Å². The van der Waals surface area contributed by atoms with Crippen LogP contribution in [0.5, 0.6) is 5.75 Å². The highest BCUT2D eigenvalue weighted by Gasteiger charge is 2.08. The Bertz CT molecular complexity index is 679. The van der Waals surface area contributed by atoms with Gasteiger partial charge in [-0.25, -0.2) is 0 Å². The third kappa shape index (κ3) is 4.61. The molecule has 0 spiro atoms. The van der Waals surface area contributed by atoms with Gasteiger partial charge in [0.15, 0.2) is 0 Å². The Hall–Kier alpha value is -2.24. The molecule has 0 aliphatic heterocycles. The van der Waals surface area contributed by atoms with Crippen molar-refractivity contribution < 1.29 is 10.2 Å². The van der Waals surface area contributed by atoms with Gasteiger partial charge in [-0.15, -0.1) is 0 Å². The standard InChI is InChI=1S/C18H23N3O2/c1-13-18(23)17(16(12-22)9-20-13)10-19-8-14-4-6-15(7-5-14)11-21(2)3/h4-7,9-10,22-23H,8,11-12H2,1-3H3. The van der Waals surface area contributed by atoms with Crippen LogP contribution in [0.3, 0.4) is 0 Å². The van der Waals surface area contributed by atoms with Crippen LogP contribution in [-0.2, 0) is 19.7 Å². The first-order valence-electron chi connectivity index (χ1n) is 7.52. The predicted octanol–water partition coefficient (Wildman–Crippen LogP) is 2.27. The monoisotopic (exact) mass is 313 g/mol. The van der Waals surface area contributed by atoms with Crippen molar-refractivity contribution >= 4 is 6.21 Å². The Labute approximate surface area is 137 Å². The SMILES string of the molecule is Cc1ncc(CO)c(C=NCc2ccc(CN(C)C)cc2)c1O. The first-order valence-corrected chi connectivity index (χ1v) is 7.52. The number of aliphatic hydroxyl groups is 1. The average Bonchev–Trinajstić information content (AvgIpc) is 2.53. The molecule has 5 heteroatoms. The molecule has 1 aromatic heterocycles. The summed E-state index contributed by atoms with van der Waals surface area (Å²) in [7, 11) is 4.08. The fraction of sp³-hybridized carbons (Fsp3) is 0.333. The second-order valence-electron chi connectivity index (χ2n) is 5.81. The van der Waals surface area contributed by atoms with Gasteiger partial charge in [-0.05, 0) is 32.1 Å². The van der Waals surface area contributed by atoms with Gasteiger partial charge in [0, 0.05) is 30.1 Å². The molecule has 1 aromatic carbocycles. The van der Waals surface area contributed by atoms with E-state index in [9.17, 15) is 10.2 Å². The fourth-order valence-electron chi connectivity index (χ4n) is 2.28. The summed E-state index contributed by atoms with van der Waals surface area (Å²) in [5, 5.41) is 19.4. The van der Waals surface area contributed by atoms with Gasteiger partial charge >= 0.3 is 0 Å². The summed E-state index contributed by atoms with van der Waals surface area (Å²) >= 11 is 0. The Balaban J connectivity index is 2.09. The molecule has 0 saturated heterocycles. The minimum atomic E-state index is -0.179. The minimum Gasteiger partial charge on any atom is -0.505 e. The lowest BCUT2D eigenvalue weighted by Gasteiger charge is -2.09. The molecule has 1 heterocycles. The molecule has 23 heavy (non-hydrogen) atoms. The second kappa shape index (κ2) is 7.85. The molecule has 2 aromatic rings. The lowest BCUT2D eigenvalue weighted by atomic mass is 10.1. The predicted molar refractivity (Wildman–Crippen MR) is 91.7 cm³/mol. The lowest BCUT2D eigenvalue weighted by Crippen LogP contribution is -2.10. The Kier molecular flexibility index (Phi) is 5.84. The summed E-state index contributed by atoms with van der Waals surface area (Å²) in [5.41, 5.74) is 3.98. The summed E-state index contributed by atoms with van der Waals surface area (Å²) in [6, 6.07) is 8.30. The quantitative estimate of drug-likeness (QED) is 0.803. The fourth-order valence-corrected chi connectivity index (χ4v) is 2.28. The highest BCUT2D eigenvalue weighted by atomic mass is 16.3. The van der Waals surface area contributed by atoms with Crippen molar-refractivity contribution in [3.8, 4) is 5.75 Å². The van der Waals surface area contributed by atoms with Crippen LogP contribution in [0.2, 0.25) is 0 Å². The van der Waals surface area contributed by atoms with Crippen LogP contribution in [0, 0.1) is 6.92 Å². The van der Waals surface area contributed by atoms with E-state index < -0.39 is 0 Å². The Morgan fingerprint density at radius 3 is 2.43 bits per heavy atom. The van der Waals surface area contributed by atoms with Crippen LogP contribution >= 0.6 is 0 Å². The van der Waals surface area contributed by atoms with Crippen LogP contribution < -0.4 is 0 Å². The van der Waals surface area contributed by atoms with Crippen molar-refractivity contribution in [3.63, 3.8) is 0 Å². The molecule has 0 unspecified atom stereocenters. The number of aryl methyl sites for hydroxylation is 1. The highest BCUT2D eigenvalue weighted by molar-refractivity contribution is 5.85. The Morgan fingerprint density at radius 1 is 1.17 bits per heavy atom. The molecule has 0 radical (unpaired) electrons. The van der Waals surface area contributed by atoms with Gasteiger partial charge in [0.1, 0.15) is 5.75 Å². The molecule has 0 saturated carbocycles. The molecule has 5 nitrogen and oxygen atoms in total. The molecule has 0 aliphatic rings. The smallest absolute Gasteiger partial charge is 0.145 e. The molecule has 0 amide bonds. The van der Waals surface area contributed by atoms with Gasteiger partial charge in [0.25, 0.3) is 0 Å². The summed E-state index contributed by atoms with van der Waals surface area (Å²) in [4.78, 5) is 10.5. The highest BCUT2D eigenvalue weighted by Crippen LogP contribution is 2.22. The van der Waals surface area contributed by atoms with Gasteiger partial charge in [0.2, 0.25) is 0 Å². The molecule has 2 N–H and O–H groups in total. The third-order valence-electron chi connectivity index (χ3n) is 3.54.